The number of hydrogen-bond acceptors (Lipinski definition) is 4. The number of hydrogen-bond donors (Lipinski definition) is 0. The first kappa shape index (κ1) is 14.1. The predicted molar refractivity (Wildman–Crippen MR) is 79.6 cm³/mol. The molecule has 1 fully saturated rings. The Balaban J connectivity index is 2.22. The highest BCUT2D eigenvalue weighted by molar-refractivity contribution is 6.20. The van der Waals surface area contributed by atoms with Crippen LogP contribution in [0.1, 0.15) is 30.6 Å². The molecule has 1 aliphatic heterocycles. The van der Waals surface area contributed by atoms with Gasteiger partial charge in [0.25, 0.3) is 0 Å². The molecule has 2 aromatic heterocycles. The van der Waals surface area contributed by atoms with E-state index in [4.69, 9.17) is 16.3 Å². The van der Waals surface area contributed by atoms with Gasteiger partial charge in [-0.25, -0.2) is 4.98 Å². The third-order valence-corrected chi connectivity index (χ3v) is 4.01. The molecule has 0 aromatic carbocycles. The fourth-order valence-electron chi connectivity index (χ4n) is 2.72. The van der Waals surface area contributed by atoms with E-state index in [1.54, 1.807) is 25.1 Å². The second-order valence-corrected chi connectivity index (χ2v) is 5.87. The van der Waals surface area contributed by atoms with Crippen molar-refractivity contribution in [2.45, 2.75) is 24.8 Å². The van der Waals surface area contributed by atoms with E-state index in [9.17, 15) is 4.79 Å². The molecular formula is C14H17ClN4O2. The summed E-state index contributed by atoms with van der Waals surface area (Å²) in [6.45, 7) is 2.57. The quantitative estimate of drug-likeness (QED) is 0.815. The van der Waals surface area contributed by atoms with Crippen LogP contribution in [0.5, 0.6) is 5.88 Å². The molecule has 2 atom stereocenters. The van der Waals surface area contributed by atoms with Gasteiger partial charge in [0.2, 0.25) is 11.8 Å². The summed E-state index contributed by atoms with van der Waals surface area (Å²) in [6.07, 6.45) is 0.732. The normalized spacial score (nSPS) is 20.3. The SMILES string of the molecule is COc1ccc2nc(C(C)Cl)n(C3CCN(C)C3=O)c2n1. The zero-order valence-corrected chi connectivity index (χ0v) is 13.0. The molecule has 3 rings (SSSR count). The Morgan fingerprint density at radius 1 is 1.43 bits per heavy atom. The average Bonchev–Trinajstić information content (AvgIpc) is 3.00. The van der Waals surface area contributed by atoms with Gasteiger partial charge in [-0.1, -0.05) is 0 Å². The molecule has 6 nitrogen and oxygen atoms in total. The van der Waals surface area contributed by atoms with Crippen molar-refractivity contribution >= 4 is 28.7 Å². The minimum absolute atomic E-state index is 0.0671. The first-order chi connectivity index (χ1) is 10.0. The van der Waals surface area contributed by atoms with Crippen LogP contribution >= 0.6 is 11.6 Å². The van der Waals surface area contributed by atoms with Crippen LogP contribution in [0.4, 0.5) is 0 Å². The predicted octanol–water partition coefficient (Wildman–Crippen LogP) is 2.14. The number of alkyl halides is 1. The number of fused-ring (bicyclic) bond motifs is 1. The fourth-order valence-corrected chi connectivity index (χ4v) is 2.87. The number of rotatable bonds is 3. The summed E-state index contributed by atoms with van der Waals surface area (Å²) < 4.78 is 7.04. The van der Waals surface area contributed by atoms with Gasteiger partial charge in [-0.15, -0.1) is 11.6 Å². The summed E-state index contributed by atoms with van der Waals surface area (Å²) in [5.41, 5.74) is 1.37. The van der Waals surface area contributed by atoms with Crippen LogP contribution in [-0.2, 0) is 4.79 Å². The van der Waals surface area contributed by atoms with Crippen LogP contribution in [0, 0.1) is 0 Å². The molecule has 0 aliphatic carbocycles. The van der Waals surface area contributed by atoms with E-state index in [1.807, 2.05) is 17.6 Å². The summed E-state index contributed by atoms with van der Waals surface area (Å²) in [7, 11) is 3.37. The summed E-state index contributed by atoms with van der Waals surface area (Å²) >= 11 is 6.25. The zero-order valence-electron chi connectivity index (χ0n) is 12.2. The molecule has 1 saturated heterocycles. The zero-order chi connectivity index (χ0) is 15.1. The van der Waals surface area contributed by atoms with Crippen molar-refractivity contribution in [3.05, 3.63) is 18.0 Å². The lowest BCUT2D eigenvalue weighted by Gasteiger charge is -2.16. The average molecular weight is 309 g/mol. The maximum absolute atomic E-state index is 12.4. The number of imidazole rings is 1. The van der Waals surface area contributed by atoms with Gasteiger partial charge in [0, 0.05) is 19.7 Å². The topological polar surface area (TPSA) is 60.2 Å². The first-order valence-electron chi connectivity index (χ1n) is 6.85. The Labute approximate surface area is 127 Å². The van der Waals surface area contributed by atoms with Gasteiger partial charge in [0.15, 0.2) is 5.65 Å². The van der Waals surface area contributed by atoms with Gasteiger partial charge >= 0.3 is 0 Å². The monoisotopic (exact) mass is 308 g/mol. The molecule has 0 saturated carbocycles. The van der Waals surface area contributed by atoms with Crippen molar-refractivity contribution in [3.8, 4) is 5.88 Å². The second-order valence-electron chi connectivity index (χ2n) is 5.22. The summed E-state index contributed by atoms with van der Waals surface area (Å²) in [6, 6.07) is 3.30. The van der Waals surface area contributed by atoms with Gasteiger partial charge in [-0.05, 0) is 19.4 Å². The molecular weight excluding hydrogens is 292 g/mol. The first-order valence-corrected chi connectivity index (χ1v) is 7.28. The van der Waals surface area contributed by atoms with E-state index in [1.165, 1.54) is 0 Å². The molecule has 3 heterocycles. The summed E-state index contributed by atoms with van der Waals surface area (Å²) in [4.78, 5) is 23.1. The smallest absolute Gasteiger partial charge is 0.245 e. The number of aromatic nitrogens is 3. The van der Waals surface area contributed by atoms with Crippen LogP contribution in [0.15, 0.2) is 12.1 Å². The van der Waals surface area contributed by atoms with Crippen LogP contribution in [0.2, 0.25) is 0 Å². The van der Waals surface area contributed by atoms with Crippen LogP contribution < -0.4 is 4.74 Å². The van der Waals surface area contributed by atoms with Gasteiger partial charge < -0.3 is 9.64 Å². The molecule has 0 N–H and O–H groups in total. The Kier molecular flexibility index (Phi) is 3.49. The molecule has 0 spiro atoms. The Morgan fingerprint density at radius 2 is 2.19 bits per heavy atom. The lowest BCUT2D eigenvalue weighted by Crippen LogP contribution is -2.25. The van der Waals surface area contributed by atoms with E-state index >= 15 is 0 Å². The van der Waals surface area contributed by atoms with E-state index < -0.39 is 0 Å². The lowest BCUT2D eigenvalue weighted by molar-refractivity contribution is -0.129. The third-order valence-electron chi connectivity index (χ3n) is 3.81. The number of likely N-dealkylation sites (N-methyl/N-ethyl adjacent to an activating group) is 1. The van der Waals surface area contributed by atoms with E-state index in [0.717, 1.165) is 18.5 Å². The Hall–Kier alpha value is -1.82. The number of carbonyl (C=O) groups is 1. The maximum atomic E-state index is 12.4. The molecule has 21 heavy (non-hydrogen) atoms. The van der Waals surface area contributed by atoms with E-state index in [-0.39, 0.29) is 17.3 Å². The van der Waals surface area contributed by atoms with Gasteiger partial charge in [0.05, 0.1) is 12.5 Å². The molecule has 2 unspecified atom stereocenters. The molecule has 2 aromatic rings. The van der Waals surface area contributed by atoms with E-state index in [2.05, 4.69) is 9.97 Å². The highest BCUT2D eigenvalue weighted by atomic mass is 35.5. The van der Waals surface area contributed by atoms with Crippen LogP contribution in [0.3, 0.4) is 0 Å². The highest BCUT2D eigenvalue weighted by Gasteiger charge is 2.34. The number of pyridine rings is 1. The number of methoxy groups -OCH3 is 1. The van der Waals surface area contributed by atoms with E-state index in [0.29, 0.717) is 17.4 Å². The fraction of sp³-hybridized carbons (Fsp3) is 0.500. The minimum Gasteiger partial charge on any atom is -0.481 e. The summed E-state index contributed by atoms with van der Waals surface area (Å²) in [5.74, 6) is 1.23. The number of ether oxygens (including phenoxy) is 1. The highest BCUT2D eigenvalue weighted by Crippen LogP contribution is 2.32. The van der Waals surface area contributed by atoms with Gasteiger partial charge in [-0.3, -0.25) is 9.36 Å². The molecule has 112 valence electrons. The van der Waals surface area contributed by atoms with Crippen LogP contribution in [0.25, 0.3) is 11.2 Å². The largest absolute Gasteiger partial charge is 0.481 e. The van der Waals surface area contributed by atoms with Crippen molar-refractivity contribution in [2.24, 2.45) is 0 Å². The lowest BCUT2D eigenvalue weighted by atomic mass is 10.2. The number of likely N-dealkylation sites (tertiary alicyclic amines) is 1. The minimum atomic E-state index is -0.302. The van der Waals surface area contributed by atoms with Crippen molar-refractivity contribution in [1.82, 2.24) is 19.4 Å². The third kappa shape index (κ3) is 2.23. The second kappa shape index (κ2) is 5.18. The maximum Gasteiger partial charge on any atom is 0.245 e. The van der Waals surface area contributed by atoms with Crippen molar-refractivity contribution in [1.29, 1.82) is 0 Å². The van der Waals surface area contributed by atoms with Gasteiger partial charge in [0.1, 0.15) is 17.4 Å². The van der Waals surface area contributed by atoms with Crippen molar-refractivity contribution in [2.75, 3.05) is 20.7 Å². The molecule has 1 amide bonds. The number of nitrogens with zero attached hydrogens (tertiary/aromatic N) is 4. The molecule has 0 radical (unpaired) electrons. The number of carbonyl (C=O) groups excluding carboxylic acids is 1. The molecule has 7 heteroatoms. The van der Waals surface area contributed by atoms with Crippen molar-refractivity contribution in [3.63, 3.8) is 0 Å². The summed E-state index contributed by atoms with van der Waals surface area (Å²) in [5, 5.41) is -0.302. The standard InChI is InChI=1S/C14H17ClN4O2/c1-8(15)12-16-9-4-5-11(21-3)17-13(9)19(12)10-6-7-18(2)14(10)20/h4-5,8,10H,6-7H2,1-3H3. The number of amides is 1. The Bertz CT molecular complexity index is 698. The number of halogens is 1. The van der Waals surface area contributed by atoms with Gasteiger partial charge in [-0.2, -0.15) is 4.98 Å². The Morgan fingerprint density at radius 3 is 2.76 bits per heavy atom. The van der Waals surface area contributed by atoms with Crippen molar-refractivity contribution < 1.29 is 9.53 Å². The molecule has 0 bridgehead atoms. The molecule has 1 aliphatic rings. The van der Waals surface area contributed by atoms with Crippen LogP contribution in [-0.4, -0.2) is 46.0 Å².